The Morgan fingerprint density at radius 2 is 2.17 bits per heavy atom. The molecule has 0 bridgehead atoms. The first kappa shape index (κ1) is 13.4. The second-order valence-corrected chi connectivity index (χ2v) is 5.00. The highest BCUT2D eigenvalue weighted by Gasteiger charge is 2.20. The van der Waals surface area contributed by atoms with Crippen molar-refractivity contribution in [2.45, 2.75) is 45.2 Å². The molecule has 3 heteroatoms. The normalized spacial score (nSPS) is 14.8. The number of aryl methyl sites for hydroxylation is 1. The highest BCUT2D eigenvalue weighted by atomic mass is 16.5. The van der Waals surface area contributed by atoms with Crippen LogP contribution in [0.1, 0.15) is 36.8 Å². The number of rotatable bonds is 8. The number of aliphatic hydroxyl groups excluding tert-OH is 1. The maximum Gasteiger partial charge on any atom is 0.126 e. The SMILES string of the molecule is Cc1cccc(CNC2CC2)c1OCCCCO. The summed E-state index contributed by atoms with van der Waals surface area (Å²) in [5.74, 6) is 1.02. The van der Waals surface area contributed by atoms with Crippen molar-refractivity contribution in [3.8, 4) is 5.75 Å². The molecule has 3 nitrogen and oxygen atoms in total. The van der Waals surface area contributed by atoms with Gasteiger partial charge >= 0.3 is 0 Å². The standard InChI is InChI=1S/C15H23NO2/c1-12-5-4-6-13(11-16-14-7-8-14)15(12)18-10-3-2-9-17/h4-6,14,16-17H,2-3,7-11H2,1H3. The van der Waals surface area contributed by atoms with Gasteiger partial charge in [-0.3, -0.25) is 0 Å². The first-order chi connectivity index (χ1) is 8.81. The summed E-state index contributed by atoms with van der Waals surface area (Å²) in [4.78, 5) is 0. The highest BCUT2D eigenvalue weighted by Crippen LogP contribution is 2.25. The van der Waals surface area contributed by atoms with Crippen molar-refractivity contribution in [1.29, 1.82) is 0 Å². The number of unbranched alkanes of at least 4 members (excludes halogenated alkanes) is 1. The highest BCUT2D eigenvalue weighted by molar-refractivity contribution is 5.40. The molecule has 0 aliphatic heterocycles. The van der Waals surface area contributed by atoms with E-state index in [0.29, 0.717) is 12.6 Å². The van der Waals surface area contributed by atoms with Crippen molar-refractivity contribution in [3.63, 3.8) is 0 Å². The van der Waals surface area contributed by atoms with Crippen LogP contribution in [0.5, 0.6) is 5.75 Å². The molecule has 100 valence electrons. The first-order valence-corrected chi connectivity index (χ1v) is 6.87. The number of hydrogen-bond donors (Lipinski definition) is 2. The van der Waals surface area contributed by atoms with Crippen molar-refractivity contribution in [2.24, 2.45) is 0 Å². The second kappa shape index (κ2) is 6.76. The Morgan fingerprint density at radius 1 is 1.33 bits per heavy atom. The summed E-state index contributed by atoms with van der Waals surface area (Å²) in [5, 5.41) is 12.3. The Balaban J connectivity index is 1.91. The molecule has 0 aromatic heterocycles. The van der Waals surface area contributed by atoms with Crippen LogP contribution in [-0.2, 0) is 6.54 Å². The largest absolute Gasteiger partial charge is 0.493 e. The van der Waals surface area contributed by atoms with E-state index in [2.05, 4.69) is 30.4 Å². The summed E-state index contributed by atoms with van der Waals surface area (Å²) < 4.78 is 5.87. The van der Waals surface area contributed by atoms with Gasteiger partial charge in [0.2, 0.25) is 0 Å². The van der Waals surface area contributed by atoms with E-state index < -0.39 is 0 Å². The predicted octanol–water partition coefficient (Wildman–Crippen LogP) is 2.40. The molecule has 0 unspecified atom stereocenters. The molecular weight excluding hydrogens is 226 g/mol. The number of para-hydroxylation sites is 1. The molecule has 1 aliphatic rings. The van der Waals surface area contributed by atoms with Crippen molar-refractivity contribution in [1.82, 2.24) is 5.32 Å². The quantitative estimate of drug-likeness (QED) is 0.695. The Kier molecular flexibility index (Phi) is 5.02. The van der Waals surface area contributed by atoms with Crippen LogP contribution in [0.3, 0.4) is 0 Å². The lowest BCUT2D eigenvalue weighted by molar-refractivity contribution is 0.251. The van der Waals surface area contributed by atoms with Gasteiger partial charge < -0.3 is 15.2 Å². The second-order valence-electron chi connectivity index (χ2n) is 5.00. The molecule has 1 aromatic rings. The Hall–Kier alpha value is -1.06. The zero-order valence-corrected chi connectivity index (χ0v) is 11.1. The van der Waals surface area contributed by atoms with E-state index in [-0.39, 0.29) is 6.61 Å². The van der Waals surface area contributed by atoms with Crippen LogP contribution in [0.4, 0.5) is 0 Å². The average molecular weight is 249 g/mol. The van der Waals surface area contributed by atoms with Gasteiger partial charge in [-0.25, -0.2) is 0 Å². The molecule has 1 aliphatic carbocycles. The number of ether oxygens (including phenoxy) is 1. The summed E-state index contributed by atoms with van der Waals surface area (Å²) in [6.45, 7) is 3.90. The van der Waals surface area contributed by atoms with Crippen molar-refractivity contribution < 1.29 is 9.84 Å². The summed E-state index contributed by atoms with van der Waals surface area (Å²) in [6.07, 6.45) is 4.32. The maximum atomic E-state index is 8.76. The van der Waals surface area contributed by atoms with E-state index in [1.54, 1.807) is 0 Å². The van der Waals surface area contributed by atoms with Gasteiger partial charge in [0.05, 0.1) is 6.61 Å². The van der Waals surface area contributed by atoms with Gasteiger partial charge in [-0.2, -0.15) is 0 Å². The third-order valence-electron chi connectivity index (χ3n) is 3.25. The van der Waals surface area contributed by atoms with Gasteiger partial charge in [0.25, 0.3) is 0 Å². The van der Waals surface area contributed by atoms with E-state index in [4.69, 9.17) is 9.84 Å². The molecular formula is C15H23NO2. The van der Waals surface area contributed by atoms with Gasteiger partial charge in [0, 0.05) is 24.8 Å². The fourth-order valence-corrected chi connectivity index (χ4v) is 1.99. The van der Waals surface area contributed by atoms with Crippen LogP contribution < -0.4 is 10.1 Å². The Morgan fingerprint density at radius 3 is 2.89 bits per heavy atom. The average Bonchev–Trinajstić information content (AvgIpc) is 3.18. The molecule has 2 rings (SSSR count). The van der Waals surface area contributed by atoms with Crippen LogP contribution >= 0.6 is 0 Å². The Bertz CT molecular complexity index is 375. The van der Waals surface area contributed by atoms with Crippen LogP contribution in [0.15, 0.2) is 18.2 Å². The third kappa shape index (κ3) is 4.00. The fraction of sp³-hybridized carbons (Fsp3) is 0.600. The lowest BCUT2D eigenvalue weighted by Crippen LogP contribution is -2.16. The minimum absolute atomic E-state index is 0.243. The molecule has 1 aromatic carbocycles. The molecule has 2 N–H and O–H groups in total. The lowest BCUT2D eigenvalue weighted by Gasteiger charge is -2.14. The van der Waals surface area contributed by atoms with E-state index >= 15 is 0 Å². The van der Waals surface area contributed by atoms with E-state index in [9.17, 15) is 0 Å². The number of nitrogens with one attached hydrogen (secondary N) is 1. The van der Waals surface area contributed by atoms with Crippen molar-refractivity contribution in [3.05, 3.63) is 29.3 Å². The smallest absolute Gasteiger partial charge is 0.126 e. The molecule has 0 atom stereocenters. The number of benzene rings is 1. The lowest BCUT2D eigenvalue weighted by atomic mass is 10.1. The molecule has 1 saturated carbocycles. The van der Waals surface area contributed by atoms with Crippen molar-refractivity contribution in [2.75, 3.05) is 13.2 Å². The van der Waals surface area contributed by atoms with Crippen LogP contribution in [0.25, 0.3) is 0 Å². The van der Waals surface area contributed by atoms with Gasteiger partial charge in [-0.05, 0) is 38.2 Å². The van der Waals surface area contributed by atoms with Gasteiger partial charge in [-0.1, -0.05) is 18.2 Å². The first-order valence-electron chi connectivity index (χ1n) is 6.87. The molecule has 18 heavy (non-hydrogen) atoms. The minimum atomic E-state index is 0.243. The van der Waals surface area contributed by atoms with Gasteiger partial charge in [-0.15, -0.1) is 0 Å². The van der Waals surface area contributed by atoms with Crippen LogP contribution in [-0.4, -0.2) is 24.4 Å². The molecule has 0 radical (unpaired) electrons. The summed E-state index contributed by atoms with van der Waals surface area (Å²) >= 11 is 0. The van der Waals surface area contributed by atoms with Crippen molar-refractivity contribution >= 4 is 0 Å². The zero-order valence-electron chi connectivity index (χ0n) is 11.1. The van der Waals surface area contributed by atoms with Crippen LogP contribution in [0, 0.1) is 6.92 Å². The summed E-state index contributed by atoms with van der Waals surface area (Å²) in [7, 11) is 0. The molecule has 0 amide bonds. The fourth-order valence-electron chi connectivity index (χ4n) is 1.99. The van der Waals surface area contributed by atoms with E-state index in [1.807, 2.05) is 0 Å². The molecule has 0 spiro atoms. The molecule has 0 heterocycles. The van der Waals surface area contributed by atoms with Gasteiger partial charge in [0.1, 0.15) is 5.75 Å². The monoisotopic (exact) mass is 249 g/mol. The molecule has 1 fully saturated rings. The number of hydrogen-bond acceptors (Lipinski definition) is 3. The Labute approximate surface area is 109 Å². The van der Waals surface area contributed by atoms with E-state index in [1.165, 1.54) is 24.0 Å². The maximum absolute atomic E-state index is 8.76. The summed E-state index contributed by atoms with van der Waals surface area (Å²) in [6, 6.07) is 7.01. The minimum Gasteiger partial charge on any atom is -0.493 e. The third-order valence-corrected chi connectivity index (χ3v) is 3.25. The molecule has 0 saturated heterocycles. The van der Waals surface area contributed by atoms with E-state index in [0.717, 1.165) is 25.1 Å². The number of aliphatic hydroxyl groups is 1. The van der Waals surface area contributed by atoms with Gasteiger partial charge in [0.15, 0.2) is 0 Å². The topological polar surface area (TPSA) is 41.5 Å². The zero-order chi connectivity index (χ0) is 12.8. The summed E-state index contributed by atoms with van der Waals surface area (Å²) in [5.41, 5.74) is 2.43. The van der Waals surface area contributed by atoms with Crippen LogP contribution in [0.2, 0.25) is 0 Å². The predicted molar refractivity (Wildman–Crippen MR) is 72.9 cm³/mol.